The van der Waals surface area contributed by atoms with Gasteiger partial charge in [-0.3, -0.25) is 0 Å². The smallest absolute Gasteiger partial charge is 0.218 e. The van der Waals surface area contributed by atoms with Crippen LogP contribution in [-0.2, 0) is 19.7 Å². The van der Waals surface area contributed by atoms with E-state index in [0.29, 0.717) is 0 Å². The minimum atomic E-state index is -6.54. The normalized spacial score (nSPS) is 16.1. The van der Waals surface area contributed by atoms with Crippen molar-refractivity contribution in [2.45, 2.75) is 28.4 Å². The van der Waals surface area contributed by atoms with E-state index < -0.39 is 57.4 Å². The summed E-state index contributed by atoms with van der Waals surface area (Å²) in [5, 5.41) is 0. The molecule has 0 bridgehead atoms. The number of rotatable bonds is 6. The average molecular weight is 419 g/mol. The monoisotopic (exact) mass is 418 g/mol. The Bertz CT molecular complexity index is 543. The quantitative estimate of drug-likeness (QED) is 0.621. The molecule has 22 heavy (non-hydrogen) atoms. The second-order valence-corrected chi connectivity index (χ2v) is 14.9. The maximum Gasteiger partial charge on any atom is 0.498 e. The van der Waals surface area contributed by atoms with Gasteiger partial charge >= 0.3 is 11.0 Å². The molecule has 0 aliphatic heterocycles. The van der Waals surface area contributed by atoms with Gasteiger partial charge in [-0.1, -0.05) is 10.7 Å². The summed E-state index contributed by atoms with van der Waals surface area (Å²) in [6, 6.07) is 0. The van der Waals surface area contributed by atoms with Gasteiger partial charge in [0, 0.05) is 0 Å². The highest BCUT2D eigenvalue weighted by Gasteiger charge is 2.62. The fourth-order valence-electron chi connectivity index (χ4n) is 1.37. The van der Waals surface area contributed by atoms with Crippen molar-refractivity contribution in [2.75, 3.05) is 18.3 Å². The molecule has 0 atom stereocenters. The fourth-order valence-corrected chi connectivity index (χ4v) is 6.09. The summed E-state index contributed by atoms with van der Waals surface area (Å²) in [6.45, 7) is 0. The molecule has 14 heteroatoms. The van der Waals surface area contributed by atoms with E-state index in [4.69, 9.17) is 10.7 Å². The minimum absolute atomic E-state index is 0.0915. The van der Waals surface area contributed by atoms with Gasteiger partial charge in [-0.15, -0.1) is 0 Å². The van der Waals surface area contributed by atoms with Gasteiger partial charge in [0.25, 0.3) is 19.7 Å². The first-order valence-electron chi connectivity index (χ1n) is 5.35. The number of alkyl halides is 6. The molecule has 0 aromatic heterocycles. The van der Waals surface area contributed by atoms with Gasteiger partial charge in [0.2, 0.25) is 0 Å². The summed E-state index contributed by atoms with van der Waals surface area (Å²) in [5.41, 5.74) is -12.2. The van der Waals surface area contributed by atoms with Crippen LogP contribution >= 0.6 is 19.9 Å². The lowest BCUT2D eigenvalue weighted by molar-refractivity contribution is -0.0472. The van der Waals surface area contributed by atoms with E-state index in [1.807, 2.05) is 0 Å². The molecule has 0 aromatic carbocycles. The molecule has 0 rings (SSSR count). The van der Waals surface area contributed by atoms with Crippen molar-refractivity contribution in [3.05, 3.63) is 0 Å². The SMILES string of the molecule is CS(C)(Cl)CCCC(S(=O)(=O)C(F)(F)F)S(=O)(=O)C(F)(F)F. The summed E-state index contributed by atoms with van der Waals surface area (Å²) < 4.78 is 116. The number of hydrogen-bond donors (Lipinski definition) is 0. The lowest BCUT2D eigenvalue weighted by Crippen LogP contribution is -2.45. The molecule has 0 aliphatic rings. The third kappa shape index (κ3) is 5.34. The summed E-state index contributed by atoms with van der Waals surface area (Å²) in [6.07, 6.45) is 1.09. The molecule has 0 unspecified atom stereocenters. The lowest BCUT2D eigenvalue weighted by Gasteiger charge is -2.24. The molecule has 136 valence electrons. The van der Waals surface area contributed by atoms with Crippen LogP contribution in [0.2, 0.25) is 0 Å². The molecule has 4 nitrogen and oxygen atoms in total. The zero-order valence-corrected chi connectivity index (χ0v) is 14.4. The third-order valence-electron chi connectivity index (χ3n) is 2.41. The van der Waals surface area contributed by atoms with Crippen LogP contribution in [0.5, 0.6) is 0 Å². The summed E-state index contributed by atoms with van der Waals surface area (Å²) in [4.78, 5) is 0. The molecule has 0 N–H and O–H groups in total. The molecule has 0 spiro atoms. The van der Waals surface area contributed by atoms with Crippen LogP contribution < -0.4 is 0 Å². The van der Waals surface area contributed by atoms with Gasteiger partial charge in [-0.25, -0.2) is 16.8 Å². The molecule has 0 aliphatic carbocycles. The van der Waals surface area contributed by atoms with Crippen molar-refractivity contribution in [1.29, 1.82) is 0 Å². The minimum Gasteiger partial charge on any atom is -0.218 e. The van der Waals surface area contributed by atoms with Gasteiger partial charge in [-0.05, 0) is 31.1 Å². The Morgan fingerprint density at radius 2 is 1.18 bits per heavy atom. The fraction of sp³-hybridized carbons (Fsp3) is 1.00. The maximum atomic E-state index is 12.4. The van der Waals surface area contributed by atoms with Crippen molar-refractivity contribution >= 4 is 39.6 Å². The number of halogens is 7. The Morgan fingerprint density at radius 1 is 0.864 bits per heavy atom. The van der Waals surface area contributed by atoms with Crippen LogP contribution in [0.15, 0.2) is 0 Å². The average Bonchev–Trinajstić information content (AvgIpc) is 2.18. The van der Waals surface area contributed by atoms with Gasteiger partial charge in [0.05, 0.1) is 0 Å². The number of sulfone groups is 2. The van der Waals surface area contributed by atoms with Crippen LogP contribution in [0.25, 0.3) is 0 Å². The van der Waals surface area contributed by atoms with Crippen molar-refractivity contribution < 1.29 is 43.2 Å². The summed E-state index contributed by atoms with van der Waals surface area (Å²) >= 11 is 0. The van der Waals surface area contributed by atoms with Crippen LogP contribution in [0.1, 0.15) is 12.8 Å². The second kappa shape index (κ2) is 6.55. The van der Waals surface area contributed by atoms with Crippen molar-refractivity contribution in [2.24, 2.45) is 0 Å². The molecule has 0 fully saturated rings. The molecule has 0 amide bonds. The third-order valence-corrected chi connectivity index (χ3v) is 8.80. The first-order chi connectivity index (χ1) is 9.34. The van der Waals surface area contributed by atoms with Crippen LogP contribution in [-0.4, -0.2) is 50.7 Å². The molecule has 0 saturated carbocycles. The Morgan fingerprint density at radius 3 is 1.41 bits per heavy atom. The molecular weight excluding hydrogens is 406 g/mol. The predicted molar refractivity (Wildman–Crippen MR) is 73.1 cm³/mol. The highest BCUT2D eigenvalue weighted by atomic mass is 35.7. The van der Waals surface area contributed by atoms with E-state index in [2.05, 4.69) is 0 Å². The van der Waals surface area contributed by atoms with Crippen molar-refractivity contribution in [3.63, 3.8) is 0 Å². The van der Waals surface area contributed by atoms with Crippen LogP contribution in [0.4, 0.5) is 26.3 Å². The topological polar surface area (TPSA) is 68.3 Å². The highest BCUT2D eigenvalue weighted by Crippen LogP contribution is 2.47. The molecule has 0 aromatic rings. The van der Waals surface area contributed by atoms with Crippen LogP contribution in [0.3, 0.4) is 0 Å². The first-order valence-corrected chi connectivity index (χ1v) is 11.9. The molecule has 0 saturated heterocycles. The lowest BCUT2D eigenvalue weighted by atomic mass is 10.4. The van der Waals surface area contributed by atoms with Gasteiger partial charge in [0.1, 0.15) is 0 Å². The summed E-state index contributed by atoms with van der Waals surface area (Å²) in [7, 11) is -9.17. The van der Waals surface area contributed by atoms with E-state index in [9.17, 15) is 43.2 Å². The zero-order valence-electron chi connectivity index (χ0n) is 11.2. The Labute approximate surface area is 129 Å². The Balaban J connectivity index is 5.76. The Kier molecular flexibility index (Phi) is 6.59. The van der Waals surface area contributed by atoms with Gasteiger partial charge in [-0.2, -0.15) is 35.6 Å². The molecule has 0 radical (unpaired) electrons. The highest BCUT2D eigenvalue weighted by molar-refractivity contribution is 8.50. The first kappa shape index (κ1) is 22.1. The largest absolute Gasteiger partial charge is 0.498 e. The molecular formula is C8H13ClF6O4S3. The van der Waals surface area contributed by atoms with Crippen molar-refractivity contribution in [1.82, 2.24) is 0 Å². The second-order valence-electron chi connectivity index (χ2n) is 4.66. The van der Waals surface area contributed by atoms with Crippen LogP contribution in [0, 0.1) is 0 Å². The van der Waals surface area contributed by atoms with Crippen molar-refractivity contribution in [3.8, 4) is 0 Å². The predicted octanol–water partition coefficient (Wildman–Crippen LogP) is 3.18. The maximum absolute atomic E-state index is 12.4. The number of hydrogen-bond acceptors (Lipinski definition) is 4. The van der Waals surface area contributed by atoms with E-state index >= 15 is 0 Å². The molecule has 0 heterocycles. The Hall–Kier alpha value is 0.120. The van der Waals surface area contributed by atoms with E-state index in [-0.39, 0.29) is 5.75 Å². The van der Waals surface area contributed by atoms with Gasteiger partial charge < -0.3 is 0 Å². The van der Waals surface area contributed by atoms with E-state index in [0.717, 1.165) is 0 Å². The van der Waals surface area contributed by atoms with E-state index in [1.54, 1.807) is 0 Å². The zero-order chi connectivity index (χ0) is 18.2. The standard InChI is InChI=1S/C8H13ClF6O4S3/c1-20(2,9)5-3-4-6(21(16,17)7(10,11)12)22(18,19)8(13,14)15/h6H,3-5H2,1-2H3. The summed E-state index contributed by atoms with van der Waals surface area (Å²) in [5.74, 6) is -0.0915. The van der Waals surface area contributed by atoms with E-state index in [1.165, 1.54) is 12.5 Å². The van der Waals surface area contributed by atoms with Gasteiger partial charge in [0.15, 0.2) is 4.58 Å².